The third-order valence-corrected chi connectivity index (χ3v) is 5.56. The predicted molar refractivity (Wildman–Crippen MR) is 81.2 cm³/mol. The van der Waals surface area contributed by atoms with E-state index in [0.29, 0.717) is 5.92 Å². The van der Waals surface area contributed by atoms with Gasteiger partial charge in [0.05, 0.1) is 5.60 Å². The van der Waals surface area contributed by atoms with Gasteiger partial charge in [0.15, 0.2) is 0 Å². The molecule has 1 aromatic rings. The molecule has 1 aliphatic heterocycles. The SMILES string of the molecule is CNC(c1ccc(F)cc1Br)C1CCOC2(CCC2)C1. The summed E-state index contributed by atoms with van der Waals surface area (Å²) in [5.74, 6) is 0.355. The Kier molecular flexibility index (Phi) is 4.16. The highest BCUT2D eigenvalue weighted by Crippen LogP contribution is 2.47. The van der Waals surface area contributed by atoms with E-state index in [9.17, 15) is 4.39 Å². The van der Waals surface area contributed by atoms with E-state index in [1.807, 2.05) is 13.1 Å². The van der Waals surface area contributed by atoms with Crippen molar-refractivity contribution in [2.45, 2.75) is 43.7 Å². The van der Waals surface area contributed by atoms with E-state index in [1.165, 1.54) is 19.3 Å². The minimum absolute atomic E-state index is 0.143. The van der Waals surface area contributed by atoms with Crippen molar-refractivity contribution < 1.29 is 9.13 Å². The quantitative estimate of drug-likeness (QED) is 0.889. The predicted octanol–water partition coefficient (Wildman–Crippen LogP) is 4.20. The zero-order chi connectivity index (χ0) is 14.2. The lowest BCUT2D eigenvalue weighted by atomic mass is 9.69. The molecular formula is C16H21BrFNO. The molecule has 0 bridgehead atoms. The number of nitrogens with one attached hydrogen (secondary N) is 1. The van der Waals surface area contributed by atoms with E-state index in [1.54, 1.807) is 12.1 Å². The monoisotopic (exact) mass is 341 g/mol. The molecule has 1 saturated heterocycles. The van der Waals surface area contributed by atoms with E-state index in [2.05, 4.69) is 21.2 Å². The molecule has 0 radical (unpaired) electrons. The normalized spacial score (nSPS) is 26.2. The molecule has 1 saturated carbocycles. The first-order valence-corrected chi connectivity index (χ1v) is 8.19. The highest BCUT2D eigenvalue weighted by molar-refractivity contribution is 9.10. The Bertz CT molecular complexity index is 489. The van der Waals surface area contributed by atoms with Crippen LogP contribution in [0.4, 0.5) is 4.39 Å². The molecular weight excluding hydrogens is 321 g/mol. The zero-order valence-corrected chi connectivity index (χ0v) is 13.4. The Morgan fingerprint density at radius 2 is 2.25 bits per heavy atom. The summed E-state index contributed by atoms with van der Waals surface area (Å²) in [6, 6.07) is 5.25. The van der Waals surface area contributed by atoms with E-state index in [4.69, 9.17) is 4.74 Å². The lowest BCUT2D eigenvalue weighted by Gasteiger charge is -2.49. The average Bonchev–Trinajstić information content (AvgIpc) is 2.40. The second kappa shape index (κ2) is 5.74. The van der Waals surface area contributed by atoms with Crippen LogP contribution < -0.4 is 5.32 Å². The number of hydrogen-bond acceptors (Lipinski definition) is 2. The van der Waals surface area contributed by atoms with Crippen molar-refractivity contribution >= 4 is 15.9 Å². The molecule has 0 aromatic heterocycles. The van der Waals surface area contributed by atoms with Gasteiger partial charge in [-0.1, -0.05) is 22.0 Å². The van der Waals surface area contributed by atoms with Gasteiger partial charge in [0.2, 0.25) is 0 Å². The smallest absolute Gasteiger partial charge is 0.124 e. The third-order valence-electron chi connectivity index (χ3n) is 4.88. The second-order valence-electron chi connectivity index (χ2n) is 6.07. The van der Waals surface area contributed by atoms with Gasteiger partial charge in [-0.05, 0) is 62.8 Å². The molecule has 2 unspecified atom stereocenters. The van der Waals surface area contributed by atoms with Crippen LogP contribution in [0.15, 0.2) is 22.7 Å². The molecule has 0 amide bonds. The van der Waals surface area contributed by atoms with E-state index < -0.39 is 0 Å². The van der Waals surface area contributed by atoms with Gasteiger partial charge >= 0.3 is 0 Å². The van der Waals surface area contributed by atoms with Crippen LogP contribution in [0.3, 0.4) is 0 Å². The summed E-state index contributed by atoms with van der Waals surface area (Å²) < 4.78 is 20.1. The summed E-state index contributed by atoms with van der Waals surface area (Å²) >= 11 is 3.50. The maximum absolute atomic E-state index is 13.3. The first-order valence-electron chi connectivity index (χ1n) is 7.40. The van der Waals surface area contributed by atoms with Crippen LogP contribution in [0.1, 0.15) is 43.7 Å². The summed E-state index contributed by atoms with van der Waals surface area (Å²) in [6.07, 6.45) is 5.87. The molecule has 2 fully saturated rings. The fourth-order valence-corrected chi connectivity index (χ4v) is 4.27. The number of rotatable bonds is 3. The second-order valence-corrected chi connectivity index (χ2v) is 6.92. The Morgan fingerprint density at radius 1 is 1.45 bits per heavy atom. The van der Waals surface area contributed by atoms with Crippen molar-refractivity contribution in [1.82, 2.24) is 5.32 Å². The van der Waals surface area contributed by atoms with Gasteiger partial charge in [-0.2, -0.15) is 0 Å². The van der Waals surface area contributed by atoms with Crippen molar-refractivity contribution in [3.05, 3.63) is 34.1 Å². The first kappa shape index (κ1) is 14.5. The molecule has 1 heterocycles. The lowest BCUT2D eigenvalue weighted by Crippen LogP contribution is -2.47. The summed E-state index contributed by atoms with van der Waals surface area (Å²) in [7, 11) is 1.99. The number of halogens is 2. The Morgan fingerprint density at radius 3 is 2.85 bits per heavy atom. The fraction of sp³-hybridized carbons (Fsp3) is 0.625. The van der Waals surface area contributed by atoms with Crippen LogP contribution >= 0.6 is 15.9 Å². The molecule has 110 valence electrons. The van der Waals surface area contributed by atoms with Crippen LogP contribution in [0.5, 0.6) is 0 Å². The van der Waals surface area contributed by atoms with E-state index in [-0.39, 0.29) is 17.5 Å². The maximum atomic E-state index is 13.3. The largest absolute Gasteiger partial charge is 0.375 e. The van der Waals surface area contributed by atoms with Gasteiger partial charge in [-0.15, -0.1) is 0 Å². The summed E-state index contributed by atoms with van der Waals surface area (Å²) in [4.78, 5) is 0. The van der Waals surface area contributed by atoms with Crippen molar-refractivity contribution in [1.29, 1.82) is 0 Å². The van der Waals surface area contributed by atoms with Gasteiger partial charge in [0, 0.05) is 17.1 Å². The van der Waals surface area contributed by atoms with E-state index >= 15 is 0 Å². The van der Waals surface area contributed by atoms with Gasteiger partial charge < -0.3 is 10.1 Å². The highest BCUT2D eigenvalue weighted by Gasteiger charge is 2.44. The Balaban J connectivity index is 1.81. The van der Waals surface area contributed by atoms with Gasteiger partial charge in [-0.25, -0.2) is 4.39 Å². The maximum Gasteiger partial charge on any atom is 0.124 e. The standard InChI is InChI=1S/C16H21BrFNO/c1-19-15(13-4-3-12(18)9-14(13)17)11-5-8-20-16(10-11)6-2-7-16/h3-4,9,11,15,19H,2,5-8,10H2,1H3. The summed E-state index contributed by atoms with van der Waals surface area (Å²) in [6.45, 7) is 0.849. The fourth-order valence-electron chi connectivity index (χ4n) is 3.67. The van der Waals surface area contributed by atoms with Crippen LogP contribution in [0.25, 0.3) is 0 Å². The summed E-state index contributed by atoms with van der Waals surface area (Å²) in [5.41, 5.74) is 1.29. The van der Waals surface area contributed by atoms with Crippen LogP contribution in [0.2, 0.25) is 0 Å². The molecule has 2 aliphatic rings. The molecule has 1 aliphatic carbocycles. The minimum atomic E-state index is -0.196. The Hall–Kier alpha value is -0.450. The van der Waals surface area contributed by atoms with Gasteiger partial charge in [0.25, 0.3) is 0 Å². The van der Waals surface area contributed by atoms with Crippen molar-refractivity contribution in [3.63, 3.8) is 0 Å². The minimum Gasteiger partial charge on any atom is -0.375 e. The molecule has 3 rings (SSSR count). The number of hydrogen-bond donors (Lipinski definition) is 1. The van der Waals surface area contributed by atoms with E-state index in [0.717, 1.165) is 29.5 Å². The first-order chi connectivity index (χ1) is 9.63. The van der Waals surface area contributed by atoms with Crippen LogP contribution in [0, 0.1) is 11.7 Å². The average molecular weight is 342 g/mol. The number of benzene rings is 1. The summed E-state index contributed by atoms with van der Waals surface area (Å²) in [5, 5.41) is 3.43. The molecule has 2 nitrogen and oxygen atoms in total. The van der Waals surface area contributed by atoms with Crippen LogP contribution in [-0.4, -0.2) is 19.3 Å². The zero-order valence-electron chi connectivity index (χ0n) is 11.8. The van der Waals surface area contributed by atoms with Gasteiger partial charge in [-0.3, -0.25) is 0 Å². The number of ether oxygens (including phenoxy) is 1. The molecule has 2 atom stereocenters. The molecule has 1 spiro atoms. The van der Waals surface area contributed by atoms with Crippen molar-refractivity contribution in [3.8, 4) is 0 Å². The van der Waals surface area contributed by atoms with Gasteiger partial charge in [0.1, 0.15) is 5.82 Å². The Labute approximate surface area is 128 Å². The molecule has 1 N–H and O–H groups in total. The molecule has 20 heavy (non-hydrogen) atoms. The van der Waals surface area contributed by atoms with Crippen LogP contribution in [-0.2, 0) is 4.74 Å². The van der Waals surface area contributed by atoms with Crippen molar-refractivity contribution in [2.75, 3.05) is 13.7 Å². The lowest BCUT2D eigenvalue weighted by molar-refractivity contribution is -0.147. The topological polar surface area (TPSA) is 21.3 Å². The third kappa shape index (κ3) is 2.66. The van der Waals surface area contributed by atoms with Crippen molar-refractivity contribution in [2.24, 2.45) is 5.92 Å². The molecule has 4 heteroatoms. The highest BCUT2D eigenvalue weighted by atomic mass is 79.9. The molecule has 1 aromatic carbocycles.